The Bertz CT molecular complexity index is 649. The largest absolute Gasteiger partial charge is 0.322 e. The molecule has 0 bridgehead atoms. The second-order valence-electron chi connectivity index (χ2n) is 3.99. The van der Waals surface area contributed by atoms with Crippen LogP contribution >= 0.6 is 23.4 Å². The molecule has 2 nitrogen and oxygen atoms in total. The Balaban J connectivity index is 2.07. The third-order valence-corrected chi connectivity index (χ3v) is 3.53. The number of rotatable bonds is 4. The summed E-state index contributed by atoms with van der Waals surface area (Å²) in [5.74, 6) is -3.53. The zero-order chi connectivity index (χ0) is 15.4. The van der Waals surface area contributed by atoms with E-state index in [4.69, 9.17) is 11.6 Å². The smallest absolute Gasteiger partial charge is 0.288 e. The summed E-state index contributed by atoms with van der Waals surface area (Å²) in [6.45, 7) is 0. The summed E-state index contributed by atoms with van der Waals surface area (Å²) < 4.78 is 37.4. The molecule has 110 valence electrons. The van der Waals surface area contributed by atoms with Crippen LogP contribution in [0.1, 0.15) is 10.4 Å². The number of benzene rings is 2. The van der Waals surface area contributed by atoms with Gasteiger partial charge in [-0.15, -0.1) is 0 Å². The molecule has 2 aromatic carbocycles. The van der Waals surface area contributed by atoms with Crippen LogP contribution in [0.3, 0.4) is 0 Å². The second-order valence-corrected chi connectivity index (χ2v) is 5.46. The Kier molecular flexibility index (Phi) is 5.14. The van der Waals surface area contributed by atoms with Crippen LogP contribution in [0.2, 0.25) is 5.02 Å². The maximum Gasteiger partial charge on any atom is 0.288 e. The molecule has 0 heterocycles. The SMILES string of the molecule is O=C(Nc1ccc(F)c(Cl)c1)c1ccc(SC(F)F)cc1. The summed E-state index contributed by atoms with van der Waals surface area (Å²) >= 11 is 6.01. The number of amides is 1. The van der Waals surface area contributed by atoms with Gasteiger partial charge >= 0.3 is 0 Å². The van der Waals surface area contributed by atoms with Crippen molar-refractivity contribution in [3.05, 3.63) is 58.9 Å². The lowest BCUT2D eigenvalue weighted by molar-refractivity contribution is 0.102. The molecule has 0 atom stereocenters. The van der Waals surface area contributed by atoms with Gasteiger partial charge in [-0.2, -0.15) is 8.78 Å². The number of nitrogens with one attached hydrogen (secondary N) is 1. The fourth-order valence-corrected chi connectivity index (χ4v) is 2.24. The van der Waals surface area contributed by atoms with E-state index in [1.54, 1.807) is 0 Å². The quantitative estimate of drug-likeness (QED) is 0.795. The van der Waals surface area contributed by atoms with Crippen LogP contribution in [-0.2, 0) is 0 Å². The van der Waals surface area contributed by atoms with E-state index in [0.717, 1.165) is 6.07 Å². The first-order valence-electron chi connectivity index (χ1n) is 5.77. The van der Waals surface area contributed by atoms with E-state index in [9.17, 15) is 18.0 Å². The van der Waals surface area contributed by atoms with E-state index in [1.807, 2.05) is 0 Å². The Hall–Kier alpha value is -1.66. The van der Waals surface area contributed by atoms with E-state index >= 15 is 0 Å². The van der Waals surface area contributed by atoms with Gasteiger partial charge in [-0.25, -0.2) is 4.39 Å². The molecule has 1 amide bonds. The molecule has 1 N–H and O–H groups in total. The Morgan fingerprint density at radius 2 is 1.81 bits per heavy atom. The lowest BCUT2D eigenvalue weighted by Gasteiger charge is -2.07. The topological polar surface area (TPSA) is 29.1 Å². The van der Waals surface area contributed by atoms with Gasteiger partial charge in [0, 0.05) is 16.1 Å². The second kappa shape index (κ2) is 6.87. The number of thioether (sulfide) groups is 1. The Morgan fingerprint density at radius 3 is 2.38 bits per heavy atom. The monoisotopic (exact) mass is 331 g/mol. The molecule has 2 aromatic rings. The number of halogens is 4. The summed E-state index contributed by atoms with van der Waals surface area (Å²) in [6.07, 6.45) is 0. The minimum absolute atomic E-state index is 0.100. The molecule has 7 heteroatoms. The zero-order valence-electron chi connectivity index (χ0n) is 10.4. The van der Waals surface area contributed by atoms with Crippen LogP contribution in [0.4, 0.5) is 18.9 Å². The third-order valence-electron chi connectivity index (χ3n) is 2.52. The predicted octanol–water partition coefficient (Wildman–Crippen LogP) is 5.05. The summed E-state index contributed by atoms with van der Waals surface area (Å²) in [4.78, 5) is 12.3. The molecule has 0 saturated carbocycles. The molecule has 2 rings (SSSR count). The molecule has 0 unspecified atom stereocenters. The number of anilines is 1. The van der Waals surface area contributed by atoms with Crippen molar-refractivity contribution in [2.24, 2.45) is 0 Å². The highest BCUT2D eigenvalue weighted by Crippen LogP contribution is 2.25. The van der Waals surface area contributed by atoms with Crippen LogP contribution < -0.4 is 5.32 Å². The molecule has 21 heavy (non-hydrogen) atoms. The molecular weight excluding hydrogens is 323 g/mol. The van der Waals surface area contributed by atoms with Gasteiger partial charge in [-0.3, -0.25) is 4.79 Å². The molecule has 0 aliphatic rings. The van der Waals surface area contributed by atoms with Crippen molar-refractivity contribution < 1.29 is 18.0 Å². The van der Waals surface area contributed by atoms with E-state index in [2.05, 4.69) is 5.32 Å². The number of hydrogen-bond acceptors (Lipinski definition) is 2. The van der Waals surface area contributed by atoms with Crippen LogP contribution in [0.5, 0.6) is 0 Å². The minimum atomic E-state index is -2.51. The van der Waals surface area contributed by atoms with Crippen LogP contribution in [0.15, 0.2) is 47.4 Å². The number of carbonyl (C=O) groups excluding carboxylic acids is 1. The van der Waals surface area contributed by atoms with E-state index in [0.29, 0.717) is 27.9 Å². The highest BCUT2D eigenvalue weighted by atomic mass is 35.5. The van der Waals surface area contributed by atoms with Gasteiger partial charge in [0.2, 0.25) is 0 Å². The van der Waals surface area contributed by atoms with E-state index < -0.39 is 17.5 Å². The van der Waals surface area contributed by atoms with E-state index in [1.165, 1.54) is 36.4 Å². The van der Waals surface area contributed by atoms with Gasteiger partial charge in [0.1, 0.15) is 5.82 Å². The van der Waals surface area contributed by atoms with Crippen molar-refractivity contribution in [3.8, 4) is 0 Å². The first kappa shape index (κ1) is 15.7. The summed E-state index contributed by atoms with van der Waals surface area (Å²) in [5.41, 5.74) is 0.645. The molecular formula is C14H9ClF3NOS. The van der Waals surface area contributed by atoms with Gasteiger partial charge in [0.25, 0.3) is 11.7 Å². The molecule has 0 aliphatic carbocycles. The molecule has 0 saturated heterocycles. The third kappa shape index (κ3) is 4.41. The lowest BCUT2D eigenvalue weighted by atomic mass is 10.2. The van der Waals surface area contributed by atoms with Gasteiger partial charge < -0.3 is 5.32 Å². The van der Waals surface area contributed by atoms with Crippen LogP contribution in [0, 0.1) is 5.82 Å². The van der Waals surface area contributed by atoms with Gasteiger partial charge in [-0.1, -0.05) is 23.4 Å². The van der Waals surface area contributed by atoms with E-state index in [-0.39, 0.29) is 5.02 Å². The van der Waals surface area contributed by atoms with Gasteiger partial charge in [0.05, 0.1) is 5.02 Å². The van der Waals surface area contributed by atoms with Gasteiger partial charge in [0.15, 0.2) is 0 Å². The lowest BCUT2D eigenvalue weighted by Crippen LogP contribution is -2.11. The standard InChI is InChI=1S/C14H9ClF3NOS/c15-11-7-9(3-6-12(11)16)19-13(20)8-1-4-10(5-2-8)21-14(17)18/h1-7,14H,(H,19,20). The number of hydrogen-bond donors (Lipinski definition) is 1. The maximum absolute atomic E-state index is 13.0. The summed E-state index contributed by atoms with van der Waals surface area (Å²) in [7, 11) is 0. The van der Waals surface area contributed by atoms with Gasteiger partial charge in [-0.05, 0) is 42.5 Å². The van der Waals surface area contributed by atoms with Crippen molar-refractivity contribution >= 4 is 35.0 Å². The predicted molar refractivity (Wildman–Crippen MR) is 77.7 cm³/mol. The fraction of sp³-hybridized carbons (Fsp3) is 0.0714. The molecule has 0 aromatic heterocycles. The summed E-state index contributed by atoms with van der Waals surface area (Å²) in [6, 6.07) is 9.54. The van der Waals surface area contributed by atoms with Crippen molar-refractivity contribution in [2.75, 3.05) is 5.32 Å². The zero-order valence-corrected chi connectivity index (χ0v) is 12.0. The van der Waals surface area contributed by atoms with Crippen molar-refractivity contribution in [3.63, 3.8) is 0 Å². The van der Waals surface area contributed by atoms with Crippen molar-refractivity contribution in [2.45, 2.75) is 10.7 Å². The first-order chi connectivity index (χ1) is 9.95. The average Bonchev–Trinajstić information content (AvgIpc) is 2.43. The minimum Gasteiger partial charge on any atom is -0.322 e. The van der Waals surface area contributed by atoms with Crippen molar-refractivity contribution in [1.82, 2.24) is 0 Å². The highest BCUT2D eigenvalue weighted by Gasteiger charge is 2.09. The van der Waals surface area contributed by atoms with Crippen molar-refractivity contribution in [1.29, 1.82) is 0 Å². The number of carbonyl (C=O) groups is 1. The summed E-state index contributed by atoms with van der Waals surface area (Å²) in [5, 5.41) is 2.44. The van der Waals surface area contributed by atoms with Crippen LogP contribution in [0.25, 0.3) is 0 Å². The molecule has 0 aliphatic heterocycles. The maximum atomic E-state index is 13.0. The van der Waals surface area contributed by atoms with Crippen LogP contribution in [-0.4, -0.2) is 11.7 Å². The molecule has 0 fully saturated rings. The fourth-order valence-electron chi connectivity index (χ4n) is 1.56. The number of alkyl halides is 2. The molecule has 0 radical (unpaired) electrons. The Morgan fingerprint density at radius 1 is 1.14 bits per heavy atom. The average molecular weight is 332 g/mol. The Labute approximate surface area is 128 Å². The molecule has 0 spiro atoms. The normalized spacial score (nSPS) is 10.7. The highest BCUT2D eigenvalue weighted by molar-refractivity contribution is 7.99. The first-order valence-corrected chi connectivity index (χ1v) is 7.03.